The van der Waals surface area contributed by atoms with Crippen molar-refractivity contribution in [2.24, 2.45) is 0 Å². The Morgan fingerprint density at radius 1 is 0.853 bits per heavy atom. The van der Waals surface area contributed by atoms with Crippen LogP contribution < -0.4 is 15.4 Å². The maximum Gasteiger partial charge on any atom is 0.319 e. The number of sulfonamides is 1. The zero-order valence-corrected chi connectivity index (χ0v) is 19.5. The van der Waals surface area contributed by atoms with Gasteiger partial charge in [0.25, 0.3) is 10.0 Å². The van der Waals surface area contributed by atoms with Crippen LogP contribution >= 0.6 is 11.6 Å². The molecule has 0 spiro atoms. The van der Waals surface area contributed by atoms with Crippen molar-refractivity contribution in [3.8, 4) is 11.1 Å². The Morgan fingerprint density at radius 2 is 1.56 bits per heavy atom. The highest BCUT2D eigenvalue weighted by atomic mass is 35.5. The number of benzene rings is 3. The third-order valence-corrected chi connectivity index (χ3v) is 6.55. The van der Waals surface area contributed by atoms with Crippen LogP contribution in [0.1, 0.15) is 5.56 Å². The van der Waals surface area contributed by atoms with Gasteiger partial charge in [0.2, 0.25) is 0 Å². The predicted octanol–water partition coefficient (Wildman–Crippen LogP) is 5.52. The minimum atomic E-state index is -3.81. The van der Waals surface area contributed by atoms with Crippen LogP contribution in [0.15, 0.2) is 102 Å². The Morgan fingerprint density at radius 3 is 2.29 bits per heavy atom. The molecule has 0 saturated carbocycles. The second kappa shape index (κ2) is 10.4. The lowest BCUT2D eigenvalue weighted by molar-refractivity contribution is 0.251. The number of nitrogens with one attached hydrogen (secondary N) is 3. The quantitative estimate of drug-likeness (QED) is 0.295. The van der Waals surface area contributed by atoms with E-state index in [1.54, 1.807) is 48.5 Å². The topological polar surface area (TPSA) is 100 Å². The summed E-state index contributed by atoms with van der Waals surface area (Å²) in [6.07, 6.45) is 1.50. The molecule has 0 fully saturated rings. The molecule has 3 aromatic carbocycles. The molecule has 0 aliphatic carbocycles. The average Bonchev–Trinajstić information content (AvgIpc) is 2.84. The molecule has 0 saturated heterocycles. The summed E-state index contributed by atoms with van der Waals surface area (Å²) in [6.45, 7) is 0.258. The molecule has 0 radical (unpaired) electrons. The van der Waals surface area contributed by atoms with Crippen LogP contribution in [0, 0.1) is 0 Å². The van der Waals surface area contributed by atoms with Crippen LogP contribution in [0.2, 0.25) is 5.15 Å². The van der Waals surface area contributed by atoms with Crippen LogP contribution in [0.5, 0.6) is 0 Å². The number of urea groups is 1. The highest BCUT2D eigenvalue weighted by molar-refractivity contribution is 7.92. The van der Waals surface area contributed by atoms with E-state index in [-0.39, 0.29) is 16.6 Å². The Kier molecular flexibility index (Phi) is 7.10. The van der Waals surface area contributed by atoms with Crippen LogP contribution in [0.25, 0.3) is 11.1 Å². The number of carbonyl (C=O) groups excluding carboxylic acids is 1. The van der Waals surface area contributed by atoms with E-state index >= 15 is 0 Å². The summed E-state index contributed by atoms with van der Waals surface area (Å²) in [6, 6.07) is 25.8. The molecular formula is C25H21ClN4O3S. The van der Waals surface area contributed by atoms with Crippen molar-refractivity contribution in [3.05, 3.63) is 108 Å². The zero-order valence-electron chi connectivity index (χ0n) is 17.9. The molecule has 1 aromatic heterocycles. The summed E-state index contributed by atoms with van der Waals surface area (Å²) >= 11 is 5.81. The molecule has 0 aliphatic heterocycles. The number of carbonyl (C=O) groups is 1. The summed E-state index contributed by atoms with van der Waals surface area (Å²) in [5, 5.41) is 5.68. The van der Waals surface area contributed by atoms with Gasteiger partial charge in [-0.1, -0.05) is 72.3 Å². The SMILES string of the molecule is O=C(NCc1ccc(NS(=O)(=O)c2ccccc2-c2ccccc2)cc1)Nc1ccnc(Cl)c1. The lowest BCUT2D eigenvalue weighted by Crippen LogP contribution is -2.28. The average molecular weight is 493 g/mol. The number of hydrogen-bond acceptors (Lipinski definition) is 4. The largest absolute Gasteiger partial charge is 0.334 e. The summed E-state index contributed by atoms with van der Waals surface area (Å²) in [4.78, 5) is 16.1. The van der Waals surface area contributed by atoms with E-state index in [1.807, 2.05) is 36.4 Å². The second-order valence-corrected chi connectivity index (χ2v) is 9.38. The third kappa shape index (κ3) is 5.92. The molecule has 9 heteroatoms. The number of halogens is 1. The van der Waals surface area contributed by atoms with Crippen molar-refractivity contribution in [2.75, 3.05) is 10.0 Å². The molecule has 3 N–H and O–H groups in total. The molecule has 172 valence electrons. The number of pyridine rings is 1. The van der Waals surface area contributed by atoms with Crippen LogP contribution in [0.4, 0.5) is 16.2 Å². The first kappa shape index (κ1) is 23.3. The summed E-state index contributed by atoms with van der Waals surface area (Å²) in [5.41, 5.74) is 3.19. The van der Waals surface area contributed by atoms with Gasteiger partial charge < -0.3 is 10.6 Å². The van der Waals surface area contributed by atoms with E-state index in [1.165, 1.54) is 12.3 Å². The molecule has 7 nitrogen and oxygen atoms in total. The van der Waals surface area contributed by atoms with E-state index in [0.717, 1.165) is 11.1 Å². The maximum atomic E-state index is 13.1. The zero-order chi connectivity index (χ0) is 24.0. The van der Waals surface area contributed by atoms with E-state index < -0.39 is 16.1 Å². The van der Waals surface area contributed by atoms with Gasteiger partial charge in [0.1, 0.15) is 5.15 Å². The third-order valence-electron chi connectivity index (χ3n) is 4.91. The smallest absolute Gasteiger partial charge is 0.319 e. The Balaban J connectivity index is 1.40. The van der Waals surface area contributed by atoms with E-state index in [4.69, 9.17) is 11.6 Å². The molecule has 0 aliphatic rings. The first-order valence-corrected chi connectivity index (χ1v) is 12.2. The minimum absolute atomic E-state index is 0.194. The van der Waals surface area contributed by atoms with Gasteiger partial charge in [-0.15, -0.1) is 0 Å². The first-order chi connectivity index (χ1) is 16.4. The van der Waals surface area contributed by atoms with Gasteiger partial charge in [-0.2, -0.15) is 0 Å². The molecule has 0 unspecified atom stereocenters. The van der Waals surface area contributed by atoms with Crippen molar-refractivity contribution >= 4 is 39.0 Å². The van der Waals surface area contributed by atoms with Gasteiger partial charge in [-0.25, -0.2) is 18.2 Å². The van der Waals surface area contributed by atoms with Crippen molar-refractivity contribution in [1.82, 2.24) is 10.3 Å². The Labute approximate surface area is 202 Å². The fraction of sp³-hybridized carbons (Fsp3) is 0.0400. The number of hydrogen-bond donors (Lipinski definition) is 3. The monoisotopic (exact) mass is 492 g/mol. The highest BCUT2D eigenvalue weighted by Crippen LogP contribution is 2.28. The molecule has 4 rings (SSSR count). The molecule has 0 atom stereocenters. The standard InChI is InChI=1S/C25H21ClN4O3S/c26-24-16-21(14-15-27-24)29-25(31)28-17-18-10-12-20(13-11-18)30-34(32,33)23-9-5-4-8-22(23)19-6-2-1-3-7-19/h1-16,30H,17H2,(H2,27,28,29,31). The van der Waals surface area contributed by atoms with Gasteiger partial charge in [-0.3, -0.25) is 4.72 Å². The van der Waals surface area contributed by atoms with E-state index in [2.05, 4.69) is 20.3 Å². The number of nitrogens with zero attached hydrogens (tertiary/aromatic N) is 1. The second-order valence-electron chi connectivity index (χ2n) is 7.34. The minimum Gasteiger partial charge on any atom is -0.334 e. The molecule has 0 bridgehead atoms. The normalized spacial score (nSPS) is 11.0. The van der Waals surface area contributed by atoms with Gasteiger partial charge in [0, 0.05) is 29.7 Å². The lowest BCUT2D eigenvalue weighted by Gasteiger charge is -2.13. The Hall–Kier alpha value is -3.88. The Bertz CT molecular complexity index is 1400. The lowest BCUT2D eigenvalue weighted by atomic mass is 10.1. The summed E-state index contributed by atoms with van der Waals surface area (Å²) in [5.74, 6) is 0. The van der Waals surface area contributed by atoms with Crippen molar-refractivity contribution in [2.45, 2.75) is 11.4 Å². The summed E-state index contributed by atoms with van der Waals surface area (Å²) in [7, 11) is -3.81. The van der Waals surface area contributed by atoms with Crippen molar-refractivity contribution < 1.29 is 13.2 Å². The summed E-state index contributed by atoms with van der Waals surface area (Å²) < 4.78 is 28.8. The fourth-order valence-corrected chi connectivity index (χ4v) is 4.76. The van der Waals surface area contributed by atoms with Gasteiger partial charge in [0.05, 0.1) is 4.90 Å². The van der Waals surface area contributed by atoms with Gasteiger partial charge >= 0.3 is 6.03 Å². The van der Waals surface area contributed by atoms with Gasteiger partial charge in [-0.05, 0) is 41.5 Å². The predicted molar refractivity (Wildman–Crippen MR) is 134 cm³/mol. The maximum absolute atomic E-state index is 13.1. The molecule has 4 aromatic rings. The van der Waals surface area contributed by atoms with Crippen molar-refractivity contribution in [3.63, 3.8) is 0 Å². The number of rotatable bonds is 7. The first-order valence-electron chi connectivity index (χ1n) is 10.3. The molecule has 34 heavy (non-hydrogen) atoms. The van der Waals surface area contributed by atoms with Crippen LogP contribution in [0.3, 0.4) is 0 Å². The van der Waals surface area contributed by atoms with Crippen LogP contribution in [-0.2, 0) is 16.6 Å². The highest BCUT2D eigenvalue weighted by Gasteiger charge is 2.19. The molecule has 1 heterocycles. The number of anilines is 2. The van der Waals surface area contributed by atoms with E-state index in [0.29, 0.717) is 16.9 Å². The van der Waals surface area contributed by atoms with Crippen LogP contribution in [-0.4, -0.2) is 19.4 Å². The van der Waals surface area contributed by atoms with Gasteiger partial charge in [0.15, 0.2) is 0 Å². The fourth-order valence-electron chi connectivity index (χ4n) is 3.30. The number of aromatic nitrogens is 1. The number of amides is 2. The molecular weight excluding hydrogens is 472 g/mol. The van der Waals surface area contributed by atoms with Crippen molar-refractivity contribution in [1.29, 1.82) is 0 Å². The van der Waals surface area contributed by atoms with E-state index in [9.17, 15) is 13.2 Å². The molecule has 2 amide bonds.